The predicted molar refractivity (Wildman–Crippen MR) is 181 cm³/mol. The molecule has 13 nitrogen and oxygen atoms in total. The predicted octanol–water partition coefficient (Wildman–Crippen LogP) is 4.62. The van der Waals surface area contributed by atoms with Gasteiger partial charge in [0.1, 0.15) is 24.7 Å². The lowest BCUT2D eigenvalue weighted by atomic mass is 9.90. The first-order valence-corrected chi connectivity index (χ1v) is 16.4. The van der Waals surface area contributed by atoms with E-state index in [0.717, 1.165) is 24.8 Å². The Morgan fingerprint density at radius 2 is 1.69 bits per heavy atom. The van der Waals surface area contributed by atoms with Crippen molar-refractivity contribution in [2.45, 2.75) is 65.5 Å². The highest BCUT2D eigenvalue weighted by atomic mass is 16.7. The van der Waals surface area contributed by atoms with E-state index in [4.69, 9.17) is 14.0 Å². The third kappa shape index (κ3) is 11.8. The molecule has 0 fully saturated rings. The summed E-state index contributed by atoms with van der Waals surface area (Å²) in [6.45, 7) is 5.81. The van der Waals surface area contributed by atoms with Gasteiger partial charge in [0, 0.05) is 11.1 Å². The Morgan fingerprint density at radius 3 is 2.37 bits per heavy atom. The van der Waals surface area contributed by atoms with Gasteiger partial charge in [-0.15, -0.1) is 0 Å². The summed E-state index contributed by atoms with van der Waals surface area (Å²) in [5, 5.41) is 9.13. The number of unbranched alkanes of at least 4 members (excludes halogenated alkanes) is 2. The smallest absolute Gasteiger partial charge is 0.325 e. The number of rotatable bonds is 21. The highest BCUT2D eigenvalue weighted by Crippen LogP contribution is 2.28. The molecule has 3 rings (SSSR count). The molecule has 13 heteroatoms. The first-order chi connectivity index (χ1) is 23.7. The number of ether oxygens (including phenoxy) is 2. The Labute approximate surface area is 286 Å². The summed E-state index contributed by atoms with van der Waals surface area (Å²) in [6, 6.07) is 16.7. The molecule has 3 aromatic rings. The van der Waals surface area contributed by atoms with E-state index in [1.807, 2.05) is 37.3 Å². The molecule has 1 heterocycles. The minimum absolute atomic E-state index is 0.0184. The highest BCUT2D eigenvalue weighted by Gasteiger charge is 2.32. The Hall–Kier alpha value is -5.17. The van der Waals surface area contributed by atoms with E-state index in [1.165, 1.54) is 24.3 Å². The maximum Gasteiger partial charge on any atom is 0.325 e. The lowest BCUT2D eigenvalue weighted by Gasteiger charge is -2.32. The van der Waals surface area contributed by atoms with E-state index < -0.39 is 29.7 Å². The van der Waals surface area contributed by atoms with Crippen molar-refractivity contribution in [1.29, 1.82) is 0 Å². The van der Waals surface area contributed by atoms with Crippen LogP contribution in [0.1, 0.15) is 79.4 Å². The second-order valence-electron chi connectivity index (χ2n) is 11.1. The summed E-state index contributed by atoms with van der Waals surface area (Å²) in [4.78, 5) is 68.5. The van der Waals surface area contributed by atoms with Crippen LogP contribution in [0.3, 0.4) is 0 Å². The number of amides is 4. The largest absolute Gasteiger partial charge is 0.494 e. The number of hydrogen-bond acceptors (Lipinski definition) is 9. The fraction of sp³-hybridized carbons (Fsp3) is 0.417. The van der Waals surface area contributed by atoms with Gasteiger partial charge in [0.2, 0.25) is 12.3 Å². The monoisotopic (exact) mass is 678 g/mol. The number of hydrogen-bond donors (Lipinski definition) is 3. The van der Waals surface area contributed by atoms with Gasteiger partial charge in [0.25, 0.3) is 11.8 Å². The fourth-order valence-electron chi connectivity index (χ4n) is 5.18. The molecule has 0 bridgehead atoms. The van der Waals surface area contributed by atoms with E-state index in [2.05, 4.69) is 27.6 Å². The Balaban J connectivity index is 1.66. The Kier molecular flexibility index (Phi) is 15.8. The molecule has 0 aliphatic rings. The molecule has 264 valence electrons. The third-order valence-corrected chi connectivity index (χ3v) is 7.72. The van der Waals surface area contributed by atoms with Crippen LogP contribution in [0, 0.1) is 5.92 Å². The van der Waals surface area contributed by atoms with Crippen LogP contribution in [-0.4, -0.2) is 68.1 Å². The van der Waals surface area contributed by atoms with Crippen LogP contribution in [-0.2, 0) is 30.6 Å². The van der Waals surface area contributed by atoms with Crippen LogP contribution in [0.25, 0.3) is 11.3 Å². The van der Waals surface area contributed by atoms with E-state index in [-0.39, 0.29) is 37.1 Å². The minimum Gasteiger partial charge on any atom is -0.494 e. The normalized spacial score (nSPS) is 11.9. The zero-order valence-electron chi connectivity index (χ0n) is 28.5. The molecule has 0 saturated carbocycles. The average Bonchev–Trinajstić information content (AvgIpc) is 3.62. The van der Waals surface area contributed by atoms with Crippen molar-refractivity contribution >= 4 is 30.1 Å². The standard InChI is InChI=1S/C36H46N4O9/c1-5-8-10-15-29(30(6-2)40(24-41)48-22-25-13-11-9-12-14-25)35(44)38-23-39-36(45)32-17-16-31(49-32)26-18-27(20-28(19-26)47-7-3)34(43)37-21-33(42)46-4/h9,11-14,16-20,24,29-30H,5-8,10,15,21-23H2,1-4H3,(H,37,43)(H,38,44)(H,39,45). The van der Waals surface area contributed by atoms with Crippen molar-refractivity contribution in [2.24, 2.45) is 5.92 Å². The van der Waals surface area contributed by atoms with Crippen LogP contribution in [0.15, 0.2) is 65.1 Å². The first-order valence-electron chi connectivity index (χ1n) is 16.4. The number of benzene rings is 2. The summed E-state index contributed by atoms with van der Waals surface area (Å²) in [7, 11) is 1.22. The van der Waals surface area contributed by atoms with Gasteiger partial charge in [-0.05, 0) is 55.7 Å². The molecule has 0 aliphatic heterocycles. The first kappa shape index (κ1) is 38.3. The van der Waals surface area contributed by atoms with Gasteiger partial charge in [0.15, 0.2) is 5.76 Å². The van der Waals surface area contributed by atoms with Crippen molar-refractivity contribution in [3.63, 3.8) is 0 Å². The summed E-state index contributed by atoms with van der Waals surface area (Å²) in [5.41, 5.74) is 1.58. The van der Waals surface area contributed by atoms with Crippen molar-refractivity contribution in [3.8, 4) is 17.1 Å². The van der Waals surface area contributed by atoms with Gasteiger partial charge < -0.3 is 29.8 Å². The lowest BCUT2D eigenvalue weighted by Crippen LogP contribution is -2.48. The zero-order valence-corrected chi connectivity index (χ0v) is 28.5. The molecule has 2 unspecified atom stereocenters. The number of hydroxylamine groups is 2. The molecule has 1 aromatic heterocycles. The molecule has 0 radical (unpaired) electrons. The van der Waals surface area contributed by atoms with E-state index in [0.29, 0.717) is 42.9 Å². The maximum atomic E-state index is 13.5. The third-order valence-electron chi connectivity index (χ3n) is 7.72. The highest BCUT2D eigenvalue weighted by molar-refractivity contribution is 5.97. The molecule has 2 aromatic carbocycles. The van der Waals surface area contributed by atoms with E-state index in [1.54, 1.807) is 25.1 Å². The number of nitrogens with zero attached hydrogens (tertiary/aromatic N) is 1. The summed E-state index contributed by atoms with van der Waals surface area (Å²) >= 11 is 0. The Morgan fingerprint density at radius 1 is 0.918 bits per heavy atom. The van der Waals surface area contributed by atoms with Gasteiger partial charge in [-0.2, -0.15) is 0 Å². The quantitative estimate of drug-likeness (QED) is 0.0479. The molecular formula is C36H46N4O9. The van der Waals surface area contributed by atoms with Crippen LogP contribution in [0.5, 0.6) is 5.75 Å². The van der Waals surface area contributed by atoms with Crippen molar-refractivity contribution in [1.82, 2.24) is 21.0 Å². The number of esters is 1. The second-order valence-corrected chi connectivity index (χ2v) is 11.1. The fourth-order valence-corrected chi connectivity index (χ4v) is 5.18. The number of furan rings is 1. The zero-order chi connectivity index (χ0) is 35.6. The number of carbonyl (C=O) groups excluding carboxylic acids is 5. The van der Waals surface area contributed by atoms with E-state index >= 15 is 0 Å². The lowest BCUT2D eigenvalue weighted by molar-refractivity contribution is -0.200. The van der Waals surface area contributed by atoms with Crippen molar-refractivity contribution in [3.05, 3.63) is 77.6 Å². The van der Waals surface area contributed by atoms with Crippen LogP contribution in [0.2, 0.25) is 0 Å². The molecule has 0 aliphatic carbocycles. The SMILES string of the molecule is CCCCCC(C(=O)NCNC(=O)c1ccc(-c2cc(OCC)cc(C(=O)NCC(=O)OC)c2)o1)C(CC)N(C=O)OCc1ccccc1. The maximum absolute atomic E-state index is 13.5. The van der Waals surface area contributed by atoms with Crippen molar-refractivity contribution in [2.75, 3.05) is 26.9 Å². The van der Waals surface area contributed by atoms with Crippen LogP contribution >= 0.6 is 0 Å². The van der Waals surface area contributed by atoms with Crippen LogP contribution in [0.4, 0.5) is 0 Å². The van der Waals surface area contributed by atoms with Crippen LogP contribution < -0.4 is 20.7 Å². The topological polar surface area (TPSA) is 166 Å². The second kappa shape index (κ2) is 20.3. The molecule has 2 atom stereocenters. The van der Waals surface area contributed by atoms with Gasteiger partial charge in [-0.1, -0.05) is 63.4 Å². The van der Waals surface area contributed by atoms with E-state index in [9.17, 15) is 24.0 Å². The van der Waals surface area contributed by atoms with Gasteiger partial charge in [-0.3, -0.25) is 28.8 Å². The number of nitrogens with one attached hydrogen (secondary N) is 3. The molecule has 3 N–H and O–H groups in total. The minimum atomic E-state index is -0.597. The summed E-state index contributed by atoms with van der Waals surface area (Å²) in [6.07, 6.45) is 4.31. The molecule has 4 amide bonds. The molecular weight excluding hydrogens is 632 g/mol. The molecule has 0 spiro atoms. The van der Waals surface area contributed by atoms with Gasteiger partial charge >= 0.3 is 5.97 Å². The molecule has 49 heavy (non-hydrogen) atoms. The average molecular weight is 679 g/mol. The number of methoxy groups -OCH3 is 1. The summed E-state index contributed by atoms with van der Waals surface area (Å²) < 4.78 is 16.0. The van der Waals surface area contributed by atoms with Crippen molar-refractivity contribution < 1.29 is 42.7 Å². The summed E-state index contributed by atoms with van der Waals surface area (Å²) in [5.74, 6) is -1.90. The van der Waals surface area contributed by atoms with Gasteiger partial charge in [0.05, 0.1) is 32.3 Å². The molecule has 0 saturated heterocycles. The Bertz CT molecular complexity index is 1530. The number of carbonyl (C=O) groups is 5. The van der Waals surface area contributed by atoms with Gasteiger partial charge in [-0.25, -0.2) is 5.06 Å².